The lowest BCUT2D eigenvalue weighted by Crippen LogP contribution is -2.61. The number of aryl methyl sites for hydroxylation is 2. The van der Waals surface area contributed by atoms with Gasteiger partial charge in [0.2, 0.25) is 11.8 Å². The molecule has 4 aliphatic rings. The summed E-state index contributed by atoms with van der Waals surface area (Å²) in [5.74, 6) is 0.332. The van der Waals surface area contributed by atoms with Gasteiger partial charge in [0.05, 0.1) is 35.9 Å². The zero-order valence-electron chi connectivity index (χ0n) is 27.7. The molecule has 2 saturated heterocycles. The van der Waals surface area contributed by atoms with Gasteiger partial charge in [0.1, 0.15) is 6.61 Å². The number of sulfonamides is 1. The van der Waals surface area contributed by atoms with Crippen LogP contribution in [0.3, 0.4) is 0 Å². The molecule has 11 heteroatoms. The van der Waals surface area contributed by atoms with Crippen molar-refractivity contribution in [3.63, 3.8) is 0 Å². The molecule has 0 radical (unpaired) electrons. The average Bonchev–Trinajstić information content (AvgIpc) is 2.98. The Kier molecular flexibility index (Phi) is 8.51. The number of hydrogen-bond acceptors (Lipinski definition) is 8. The van der Waals surface area contributed by atoms with Crippen LogP contribution in [0.15, 0.2) is 53.4 Å². The van der Waals surface area contributed by atoms with Gasteiger partial charge in [-0.25, -0.2) is 18.1 Å². The molecule has 3 fully saturated rings. The van der Waals surface area contributed by atoms with Gasteiger partial charge in [-0.2, -0.15) is 4.98 Å². The SMILES string of the molecule is Cc1cccc(C)c1-c1cc2nc(n1)NS(=O)(=O)c1cccc(c1)C(=O)N(C1CC3(CCN(C4COC4)CC3)C1)[C@H](CC(C)C)CO2. The van der Waals surface area contributed by atoms with E-state index < -0.39 is 10.0 Å². The van der Waals surface area contributed by atoms with Gasteiger partial charge in [-0.1, -0.05) is 38.1 Å². The van der Waals surface area contributed by atoms with E-state index in [1.807, 2.05) is 36.9 Å². The maximum absolute atomic E-state index is 14.5. The topological polar surface area (TPSA) is 114 Å². The Labute approximate surface area is 277 Å². The van der Waals surface area contributed by atoms with E-state index in [4.69, 9.17) is 9.47 Å². The fraction of sp³-hybridized carbons (Fsp3) is 0.528. The van der Waals surface area contributed by atoms with Crippen molar-refractivity contribution in [2.75, 3.05) is 37.6 Å². The van der Waals surface area contributed by atoms with E-state index in [1.165, 1.54) is 12.1 Å². The normalized spacial score (nSPS) is 23.1. The Morgan fingerprint density at radius 2 is 1.66 bits per heavy atom. The Balaban J connectivity index is 1.25. The average molecular weight is 660 g/mol. The molecular formula is C36H45N5O5S. The van der Waals surface area contributed by atoms with Gasteiger partial charge in [0.15, 0.2) is 0 Å². The van der Waals surface area contributed by atoms with Crippen molar-refractivity contribution in [1.82, 2.24) is 19.8 Å². The number of fused-ring (bicyclic) bond motifs is 4. The van der Waals surface area contributed by atoms with Crippen molar-refractivity contribution in [2.24, 2.45) is 11.3 Å². The third-order valence-electron chi connectivity index (χ3n) is 10.6. The fourth-order valence-electron chi connectivity index (χ4n) is 7.98. The molecule has 47 heavy (non-hydrogen) atoms. The predicted molar refractivity (Wildman–Crippen MR) is 180 cm³/mol. The highest BCUT2D eigenvalue weighted by molar-refractivity contribution is 7.92. The van der Waals surface area contributed by atoms with Crippen LogP contribution in [0.4, 0.5) is 5.95 Å². The number of piperidine rings is 1. The minimum absolute atomic E-state index is 0.0103. The molecule has 2 aromatic carbocycles. The number of carbonyl (C=O) groups excluding carboxylic acids is 1. The standard InChI is InChI=1S/C36H45N5O5S/c1-23(2)15-27-22-46-32-17-31(33-24(3)7-5-8-25(33)4)37-35(38-32)39-47(43,44)30-10-6-9-26(16-30)34(42)41(27)28-18-36(19-28)11-13-40(14-12-36)29-20-45-21-29/h5-10,16-17,23,27-29H,11-15,18-22H2,1-4H3,(H,37,38,39)/t27-/m1/s1. The molecule has 4 bridgehead atoms. The predicted octanol–water partition coefficient (Wildman–Crippen LogP) is 5.45. The number of anilines is 1. The van der Waals surface area contributed by atoms with Crippen molar-refractivity contribution < 1.29 is 22.7 Å². The van der Waals surface area contributed by atoms with Crippen LogP contribution in [-0.2, 0) is 14.8 Å². The highest BCUT2D eigenvalue weighted by Crippen LogP contribution is 2.52. The Bertz CT molecular complexity index is 1740. The number of benzene rings is 2. The zero-order valence-corrected chi connectivity index (χ0v) is 28.6. The van der Waals surface area contributed by atoms with Crippen molar-refractivity contribution in [3.05, 3.63) is 65.2 Å². The summed E-state index contributed by atoms with van der Waals surface area (Å²) in [6.07, 6.45) is 4.87. The summed E-state index contributed by atoms with van der Waals surface area (Å²) in [5, 5.41) is 0. The summed E-state index contributed by atoms with van der Waals surface area (Å²) in [4.78, 5) is 28.2. The summed E-state index contributed by atoms with van der Waals surface area (Å²) in [7, 11) is -4.11. The van der Waals surface area contributed by atoms with E-state index >= 15 is 0 Å². The first kappa shape index (κ1) is 32.0. The molecule has 3 aliphatic heterocycles. The molecular weight excluding hydrogens is 614 g/mol. The molecule has 1 amide bonds. The summed E-state index contributed by atoms with van der Waals surface area (Å²) >= 11 is 0. The second-order valence-electron chi connectivity index (χ2n) is 14.4. The number of amides is 1. The lowest BCUT2D eigenvalue weighted by molar-refractivity contribution is -0.104. The lowest BCUT2D eigenvalue weighted by atomic mass is 9.59. The number of likely N-dealkylation sites (tertiary alicyclic amines) is 1. The van der Waals surface area contributed by atoms with Crippen LogP contribution in [0, 0.1) is 25.2 Å². The summed E-state index contributed by atoms with van der Waals surface area (Å²) in [5.41, 5.74) is 4.07. The van der Waals surface area contributed by atoms with Crippen molar-refractivity contribution in [2.45, 2.75) is 82.8 Å². The summed E-state index contributed by atoms with van der Waals surface area (Å²) in [6, 6.07) is 14.4. The van der Waals surface area contributed by atoms with Crippen LogP contribution in [0.25, 0.3) is 11.3 Å². The summed E-state index contributed by atoms with van der Waals surface area (Å²) in [6.45, 7) is 12.4. The molecule has 0 unspecified atom stereocenters. The number of nitrogens with zero attached hydrogens (tertiary/aromatic N) is 4. The van der Waals surface area contributed by atoms with Crippen molar-refractivity contribution in [3.8, 4) is 17.1 Å². The quantitative estimate of drug-likeness (QED) is 0.385. The highest BCUT2D eigenvalue weighted by atomic mass is 32.2. The highest BCUT2D eigenvalue weighted by Gasteiger charge is 2.51. The molecule has 7 rings (SSSR count). The fourth-order valence-corrected chi connectivity index (χ4v) is 8.96. The van der Waals surface area contributed by atoms with Gasteiger partial charge in [-0.3, -0.25) is 9.69 Å². The van der Waals surface area contributed by atoms with Crippen LogP contribution in [-0.4, -0.2) is 85.1 Å². The largest absolute Gasteiger partial charge is 0.475 e. The number of aromatic nitrogens is 2. The smallest absolute Gasteiger partial charge is 0.264 e. The third kappa shape index (κ3) is 6.37. The Hall–Kier alpha value is -3.54. The number of ether oxygens (including phenoxy) is 2. The first-order valence-electron chi connectivity index (χ1n) is 16.9. The van der Waals surface area contributed by atoms with Gasteiger partial charge in [0.25, 0.3) is 15.9 Å². The second-order valence-corrected chi connectivity index (χ2v) is 16.1. The van der Waals surface area contributed by atoms with E-state index in [2.05, 4.69) is 33.4 Å². The van der Waals surface area contributed by atoms with Crippen LogP contribution in [0.1, 0.15) is 67.4 Å². The van der Waals surface area contributed by atoms with Gasteiger partial charge in [-0.15, -0.1) is 0 Å². The van der Waals surface area contributed by atoms with Crippen LogP contribution < -0.4 is 9.46 Å². The monoisotopic (exact) mass is 659 g/mol. The first-order valence-corrected chi connectivity index (χ1v) is 18.3. The number of hydrogen-bond donors (Lipinski definition) is 1. The minimum atomic E-state index is -4.11. The molecule has 1 aliphatic carbocycles. The molecule has 250 valence electrons. The first-order chi connectivity index (χ1) is 22.5. The Morgan fingerprint density at radius 1 is 0.957 bits per heavy atom. The maximum Gasteiger partial charge on any atom is 0.264 e. The van der Waals surface area contributed by atoms with Gasteiger partial charge < -0.3 is 14.4 Å². The number of nitrogens with one attached hydrogen (secondary N) is 1. The zero-order chi connectivity index (χ0) is 32.9. The minimum Gasteiger partial charge on any atom is -0.475 e. The van der Waals surface area contributed by atoms with Crippen molar-refractivity contribution >= 4 is 21.9 Å². The van der Waals surface area contributed by atoms with Gasteiger partial charge >= 0.3 is 0 Å². The molecule has 1 atom stereocenters. The van der Waals surface area contributed by atoms with Crippen LogP contribution >= 0.6 is 0 Å². The number of carbonyl (C=O) groups is 1. The number of rotatable bonds is 5. The second kappa shape index (κ2) is 12.5. The molecule has 1 aromatic heterocycles. The molecule has 10 nitrogen and oxygen atoms in total. The maximum atomic E-state index is 14.5. The van der Waals surface area contributed by atoms with Gasteiger partial charge in [-0.05, 0) is 99.7 Å². The van der Waals surface area contributed by atoms with E-state index in [-0.39, 0.29) is 46.7 Å². The molecule has 4 heterocycles. The lowest BCUT2D eigenvalue weighted by Gasteiger charge is -2.57. The van der Waals surface area contributed by atoms with E-state index in [0.29, 0.717) is 23.2 Å². The van der Waals surface area contributed by atoms with Crippen molar-refractivity contribution in [1.29, 1.82) is 0 Å². The van der Waals surface area contributed by atoms with Crippen LogP contribution in [0.2, 0.25) is 0 Å². The third-order valence-corrected chi connectivity index (χ3v) is 11.9. The van der Waals surface area contributed by atoms with Crippen LogP contribution in [0.5, 0.6) is 5.88 Å². The van der Waals surface area contributed by atoms with E-state index in [1.54, 1.807) is 18.2 Å². The molecule has 1 N–H and O–H groups in total. The van der Waals surface area contributed by atoms with E-state index in [9.17, 15) is 13.2 Å². The molecule has 1 saturated carbocycles. The van der Waals surface area contributed by atoms with E-state index in [0.717, 1.165) is 75.1 Å². The Morgan fingerprint density at radius 3 is 2.32 bits per heavy atom. The molecule has 3 aromatic rings. The molecule has 1 spiro atoms. The van der Waals surface area contributed by atoms with Gasteiger partial charge in [0, 0.05) is 23.2 Å². The summed E-state index contributed by atoms with van der Waals surface area (Å²) < 4.78 is 41.8.